The fraction of sp³-hybridized carbons (Fsp3) is 0.545. The van der Waals surface area contributed by atoms with Crippen molar-refractivity contribution in [1.82, 2.24) is 4.98 Å². The topological polar surface area (TPSA) is 16.1 Å². The van der Waals surface area contributed by atoms with Gasteiger partial charge in [-0.05, 0) is 47.8 Å². The molecule has 0 bridgehead atoms. The van der Waals surface area contributed by atoms with Gasteiger partial charge in [0.25, 0.3) is 0 Å². The zero-order valence-corrected chi connectivity index (χ0v) is 11.5. The predicted octanol–water partition coefficient (Wildman–Crippen LogP) is 3.61. The van der Waals surface area contributed by atoms with Crippen molar-refractivity contribution in [3.63, 3.8) is 0 Å². The number of alkyl halides is 1. The van der Waals surface area contributed by atoms with Crippen LogP contribution in [0.3, 0.4) is 0 Å². The lowest BCUT2D eigenvalue weighted by Gasteiger charge is -2.23. The molecule has 0 aliphatic rings. The van der Waals surface area contributed by atoms with E-state index < -0.39 is 0 Å². The van der Waals surface area contributed by atoms with Crippen LogP contribution >= 0.6 is 27.5 Å². The van der Waals surface area contributed by atoms with Crippen LogP contribution < -0.4 is 4.90 Å². The van der Waals surface area contributed by atoms with Crippen LogP contribution in [0.4, 0.5) is 5.82 Å². The highest BCUT2D eigenvalue weighted by Gasteiger charge is 2.08. The Labute approximate surface area is 105 Å². The lowest BCUT2D eigenvalue weighted by Crippen LogP contribution is -2.26. The van der Waals surface area contributed by atoms with Gasteiger partial charge in [-0.3, -0.25) is 0 Å². The Morgan fingerprint density at radius 1 is 1.53 bits per heavy atom. The maximum atomic E-state index is 5.70. The van der Waals surface area contributed by atoms with Crippen molar-refractivity contribution in [2.24, 2.45) is 0 Å². The molecule has 0 fully saturated rings. The maximum absolute atomic E-state index is 5.70. The zero-order chi connectivity index (χ0) is 11.3. The standard InChI is InChI=1S/C11H16BrClN2/c1-3-15(6-4-5-13)11-9(2)7-10(12)8-14-11/h7-8H,3-6H2,1-2H3. The van der Waals surface area contributed by atoms with Crippen molar-refractivity contribution in [2.75, 3.05) is 23.9 Å². The molecule has 0 atom stereocenters. The molecule has 0 N–H and O–H groups in total. The summed E-state index contributed by atoms with van der Waals surface area (Å²) in [7, 11) is 0. The van der Waals surface area contributed by atoms with Gasteiger partial charge < -0.3 is 4.90 Å². The normalized spacial score (nSPS) is 10.4. The van der Waals surface area contributed by atoms with Crippen LogP contribution in [0.5, 0.6) is 0 Å². The van der Waals surface area contributed by atoms with Gasteiger partial charge in [0, 0.05) is 29.6 Å². The van der Waals surface area contributed by atoms with E-state index in [1.54, 1.807) is 0 Å². The highest BCUT2D eigenvalue weighted by molar-refractivity contribution is 9.10. The van der Waals surface area contributed by atoms with Crippen molar-refractivity contribution >= 4 is 33.3 Å². The number of aromatic nitrogens is 1. The third-order valence-corrected chi connectivity index (χ3v) is 2.96. The molecule has 1 heterocycles. The van der Waals surface area contributed by atoms with E-state index in [2.05, 4.69) is 45.7 Å². The van der Waals surface area contributed by atoms with E-state index in [-0.39, 0.29) is 0 Å². The number of aryl methyl sites for hydroxylation is 1. The van der Waals surface area contributed by atoms with Crippen LogP contribution in [0.2, 0.25) is 0 Å². The molecule has 0 radical (unpaired) electrons. The molecular formula is C11H16BrClN2. The minimum absolute atomic E-state index is 0.700. The molecule has 0 aliphatic heterocycles. The molecular weight excluding hydrogens is 275 g/mol. The van der Waals surface area contributed by atoms with Gasteiger partial charge in [0.1, 0.15) is 5.82 Å². The predicted molar refractivity (Wildman–Crippen MR) is 69.9 cm³/mol. The summed E-state index contributed by atoms with van der Waals surface area (Å²) >= 11 is 9.12. The highest BCUT2D eigenvalue weighted by Crippen LogP contribution is 2.20. The number of hydrogen-bond donors (Lipinski definition) is 0. The first-order chi connectivity index (χ1) is 7.19. The van der Waals surface area contributed by atoms with Crippen molar-refractivity contribution in [3.8, 4) is 0 Å². The molecule has 84 valence electrons. The van der Waals surface area contributed by atoms with Crippen molar-refractivity contribution in [3.05, 3.63) is 22.3 Å². The van der Waals surface area contributed by atoms with Crippen LogP contribution in [0.15, 0.2) is 16.7 Å². The summed E-state index contributed by atoms with van der Waals surface area (Å²) in [5.41, 5.74) is 1.20. The largest absolute Gasteiger partial charge is 0.357 e. The van der Waals surface area contributed by atoms with Crippen LogP contribution in [0.25, 0.3) is 0 Å². The van der Waals surface area contributed by atoms with E-state index in [1.165, 1.54) is 5.56 Å². The monoisotopic (exact) mass is 290 g/mol. The molecule has 4 heteroatoms. The van der Waals surface area contributed by atoms with E-state index >= 15 is 0 Å². The molecule has 0 amide bonds. The van der Waals surface area contributed by atoms with Crippen molar-refractivity contribution in [1.29, 1.82) is 0 Å². The van der Waals surface area contributed by atoms with Gasteiger partial charge in [0.05, 0.1) is 0 Å². The average molecular weight is 292 g/mol. The van der Waals surface area contributed by atoms with E-state index in [0.717, 1.165) is 29.8 Å². The lowest BCUT2D eigenvalue weighted by molar-refractivity contribution is 0.777. The summed E-state index contributed by atoms with van der Waals surface area (Å²) in [6.07, 6.45) is 2.83. The quantitative estimate of drug-likeness (QED) is 0.771. The number of pyridine rings is 1. The fourth-order valence-corrected chi connectivity index (χ4v) is 2.09. The summed E-state index contributed by atoms with van der Waals surface area (Å²) in [5, 5.41) is 0. The average Bonchev–Trinajstić information content (AvgIpc) is 2.21. The first kappa shape index (κ1) is 12.8. The van der Waals surface area contributed by atoms with Gasteiger partial charge in [-0.15, -0.1) is 11.6 Å². The third kappa shape index (κ3) is 3.65. The van der Waals surface area contributed by atoms with Gasteiger partial charge in [0.2, 0.25) is 0 Å². The van der Waals surface area contributed by atoms with E-state index in [9.17, 15) is 0 Å². The fourth-order valence-electron chi connectivity index (χ4n) is 1.53. The molecule has 15 heavy (non-hydrogen) atoms. The summed E-state index contributed by atoms with van der Waals surface area (Å²) in [6.45, 7) is 6.15. The molecule has 1 aromatic heterocycles. The van der Waals surface area contributed by atoms with Crippen LogP contribution in [-0.2, 0) is 0 Å². The van der Waals surface area contributed by atoms with Gasteiger partial charge in [0.15, 0.2) is 0 Å². The zero-order valence-electron chi connectivity index (χ0n) is 9.13. The lowest BCUT2D eigenvalue weighted by atomic mass is 10.2. The van der Waals surface area contributed by atoms with Crippen LogP contribution in [-0.4, -0.2) is 24.0 Å². The maximum Gasteiger partial charge on any atom is 0.131 e. The minimum Gasteiger partial charge on any atom is -0.357 e. The number of hydrogen-bond acceptors (Lipinski definition) is 2. The molecule has 0 aliphatic carbocycles. The molecule has 0 unspecified atom stereocenters. The second-order valence-electron chi connectivity index (χ2n) is 3.42. The first-order valence-corrected chi connectivity index (χ1v) is 6.44. The Bertz CT molecular complexity index is 317. The van der Waals surface area contributed by atoms with E-state index in [0.29, 0.717) is 5.88 Å². The first-order valence-electron chi connectivity index (χ1n) is 5.12. The Balaban J connectivity index is 2.81. The third-order valence-electron chi connectivity index (χ3n) is 2.26. The van der Waals surface area contributed by atoms with Crippen molar-refractivity contribution in [2.45, 2.75) is 20.3 Å². The van der Waals surface area contributed by atoms with E-state index in [1.807, 2.05) is 6.20 Å². The second-order valence-corrected chi connectivity index (χ2v) is 4.71. The SMILES string of the molecule is CCN(CCCCl)c1ncc(Br)cc1C. The minimum atomic E-state index is 0.700. The molecule has 0 aromatic carbocycles. The number of halogens is 2. The molecule has 1 rings (SSSR count). The Hall–Kier alpha value is -0.280. The molecule has 2 nitrogen and oxygen atoms in total. The Morgan fingerprint density at radius 3 is 2.80 bits per heavy atom. The molecule has 1 aromatic rings. The van der Waals surface area contributed by atoms with Gasteiger partial charge in [-0.25, -0.2) is 4.98 Å². The summed E-state index contributed by atoms with van der Waals surface area (Å²) in [4.78, 5) is 6.69. The number of nitrogens with zero attached hydrogens (tertiary/aromatic N) is 2. The van der Waals surface area contributed by atoms with E-state index in [4.69, 9.17) is 11.6 Å². The van der Waals surface area contributed by atoms with Gasteiger partial charge >= 0.3 is 0 Å². The number of rotatable bonds is 5. The molecule has 0 saturated heterocycles. The second kappa shape index (κ2) is 6.33. The summed E-state index contributed by atoms with van der Waals surface area (Å²) in [5.74, 6) is 1.76. The van der Waals surface area contributed by atoms with Crippen molar-refractivity contribution < 1.29 is 0 Å². The Morgan fingerprint density at radius 2 is 2.27 bits per heavy atom. The molecule has 0 spiro atoms. The molecule has 0 saturated carbocycles. The van der Waals surface area contributed by atoms with Crippen LogP contribution in [0.1, 0.15) is 18.9 Å². The van der Waals surface area contributed by atoms with Gasteiger partial charge in [-0.1, -0.05) is 0 Å². The number of anilines is 1. The van der Waals surface area contributed by atoms with Gasteiger partial charge in [-0.2, -0.15) is 0 Å². The summed E-state index contributed by atoms with van der Waals surface area (Å²) < 4.78 is 1.03. The van der Waals surface area contributed by atoms with Crippen LogP contribution in [0, 0.1) is 6.92 Å². The summed E-state index contributed by atoms with van der Waals surface area (Å²) in [6, 6.07) is 2.09. The highest BCUT2D eigenvalue weighted by atomic mass is 79.9. The smallest absolute Gasteiger partial charge is 0.131 e. The Kier molecular flexibility index (Phi) is 5.40.